The molecule has 2 heterocycles. The summed E-state index contributed by atoms with van der Waals surface area (Å²) in [7, 11) is 0. The van der Waals surface area contributed by atoms with Gasteiger partial charge in [-0.15, -0.1) is 11.3 Å². The molecule has 0 saturated carbocycles. The topological polar surface area (TPSA) is 43.2 Å². The number of nitrogens with zero attached hydrogens (tertiary/aromatic N) is 4. The van der Waals surface area contributed by atoms with E-state index in [0.29, 0.717) is 5.92 Å². The number of rotatable bonds is 5. The summed E-state index contributed by atoms with van der Waals surface area (Å²) in [6, 6.07) is 2.28. The van der Waals surface area contributed by atoms with Crippen molar-refractivity contribution in [3.8, 4) is 6.07 Å². The molecule has 1 aliphatic rings. The molecular weight excluding hydrogens is 268 g/mol. The fourth-order valence-electron chi connectivity index (χ4n) is 2.54. The number of piperazine rings is 1. The standard InChI is InChI=1S/C15H24N4S/c1-4-18-7-9-19(10-8-18)6-5-14-17-15(12(2)3)13(11-16)20-14/h12H,4-10H2,1-3H3. The summed E-state index contributed by atoms with van der Waals surface area (Å²) >= 11 is 1.57. The predicted octanol–water partition coefficient (Wildman–Crippen LogP) is 2.32. The zero-order valence-electron chi connectivity index (χ0n) is 12.7. The molecule has 1 aromatic rings. The molecule has 0 atom stereocenters. The Morgan fingerprint density at radius 1 is 1.25 bits per heavy atom. The van der Waals surface area contributed by atoms with Crippen molar-refractivity contribution in [1.29, 1.82) is 5.26 Å². The highest BCUT2D eigenvalue weighted by molar-refractivity contribution is 7.12. The van der Waals surface area contributed by atoms with Gasteiger partial charge in [0.1, 0.15) is 10.9 Å². The Labute approximate surface area is 126 Å². The van der Waals surface area contributed by atoms with Crippen molar-refractivity contribution in [3.63, 3.8) is 0 Å². The summed E-state index contributed by atoms with van der Waals surface area (Å²) in [6.45, 7) is 13.3. The predicted molar refractivity (Wildman–Crippen MR) is 83.2 cm³/mol. The van der Waals surface area contributed by atoms with Gasteiger partial charge in [0.25, 0.3) is 0 Å². The van der Waals surface area contributed by atoms with Crippen molar-refractivity contribution >= 4 is 11.3 Å². The van der Waals surface area contributed by atoms with Gasteiger partial charge in [0, 0.05) is 39.1 Å². The first-order valence-corrected chi connectivity index (χ1v) is 8.30. The number of hydrogen-bond acceptors (Lipinski definition) is 5. The molecule has 0 unspecified atom stereocenters. The van der Waals surface area contributed by atoms with Crippen LogP contribution in [0.5, 0.6) is 0 Å². The molecular formula is C15H24N4S. The molecule has 20 heavy (non-hydrogen) atoms. The van der Waals surface area contributed by atoms with Gasteiger partial charge >= 0.3 is 0 Å². The maximum atomic E-state index is 9.16. The van der Waals surface area contributed by atoms with E-state index in [1.54, 1.807) is 11.3 Å². The summed E-state index contributed by atoms with van der Waals surface area (Å²) < 4.78 is 0. The van der Waals surface area contributed by atoms with Crippen LogP contribution in [-0.2, 0) is 6.42 Å². The molecule has 0 N–H and O–H groups in total. The molecule has 0 amide bonds. The lowest BCUT2D eigenvalue weighted by atomic mass is 10.1. The van der Waals surface area contributed by atoms with Gasteiger partial charge in [0.2, 0.25) is 0 Å². The molecule has 0 radical (unpaired) electrons. The van der Waals surface area contributed by atoms with Gasteiger partial charge in [-0.3, -0.25) is 0 Å². The van der Waals surface area contributed by atoms with Crippen LogP contribution >= 0.6 is 11.3 Å². The van der Waals surface area contributed by atoms with Crippen LogP contribution in [0, 0.1) is 11.3 Å². The van der Waals surface area contributed by atoms with E-state index in [1.165, 1.54) is 13.1 Å². The molecule has 1 saturated heterocycles. The van der Waals surface area contributed by atoms with Crippen LogP contribution in [0.15, 0.2) is 0 Å². The zero-order valence-corrected chi connectivity index (χ0v) is 13.5. The second-order valence-electron chi connectivity index (χ2n) is 5.61. The third kappa shape index (κ3) is 3.78. The van der Waals surface area contributed by atoms with Crippen molar-refractivity contribution < 1.29 is 0 Å². The highest BCUT2D eigenvalue weighted by atomic mass is 32.1. The summed E-state index contributed by atoms with van der Waals surface area (Å²) in [5.41, 5.74) is 0.975. The van der Waals surface area contributed by atoms with E-state index in [1.807, 2.05) is 0 Å². The number of thiazole rings is 1. The van der Waals surface area contributed by atoms with Crippen molar-refractivity contribution in [1.82, 2.24) is 14.8 Å². The Morgan fingerprint density at radius 2 is 1.90 bits per heavy atom. The molecule has 110 valence electrons. The summed E-state index contributed by atoms with van der Waals surface area (Å²) in [4.78, 5) is 10.5. The van der Waals surface area contributed by atoms with Crippen molar-refractivity contribution in [2.24, 2.45) is 0 Å². The van der Waals surface area contributed by atoms with Crippen LogP contribution in [-0.4, -0.2) is 54.1 Å². The second-order valence-corrected chi connectivity index (χ2v) is 6.70. The summed E-state index contributed by atoms with van der Waals surface area (Å²) in [6.07, 6.45) is 0.970. The van der Waals surface area contributed by atoms with Gasteiger partial charge in [-0.05, 0) is 12.5 Å². The zero-order chi connectivity index (χ0) is 14.5. The Kier molecular flexibility index (Phi) is 5.53. The second kappa shape index (κ2) is 7.16. The average Bonchev–Trinajstić information content (AvgIpc) is 2.89. The lowest BCUT2D eigenvalue weighted by molar-refractivity contribution is 0.138. The van der Waals surface area contributed by atoms with Crippen LogP contribution in [0.25, 0.3) is 0 Å². The number of likely N-dealkylation sites (N-methyl/N-ethyl adjacent to an activating group) is 1. The van der Waals surface area contributed by atoms with E-state index >= 15 is 0 Å². The smallest absolute Gasteiger partial charge is 0.128 e. The van der Waals surface area contributed by atoms with E-state index in [2.05, 4.69) is 41.6 Å². The Balaban J connectivity index is 1.87. The van der Waals surface area contributed by atoms with Gasteiger partial charge in [-0.25, -0.2) is 4.98 Å². The van der Waals surface area contributed by atoms with Gasteiger partial charge in [0.05, 0.1) is 10.7 Å². The quantitative estimate of drug-likeness (QED) is 0.835. The number of nitriles is 1. The summed E-state index contributed by atoms with van der Waals surface area (Å²) in [5, 5.41) is 10.3. The Morgan fingerprint density at radius 3 is 2.40 bits per heavy atom. The molecule has 0 spiro atoms. The third-order valence-electron chi connectivity index (χ3n) is 3.90. The monoisotopic (exact) mass is 292 g/mol. The van der Waals surface area contributed by atoms with Gasteiger partial charge in [-0.1, -0.05) is 20.8 Å². The number of hydrogen-bond donors (Lipinski definition) is 0. The molecule has 0 aromatic carbocycles. The largest absolute Gasteiger partial charge is 0.301 e. The fourth-order valence-corrected chi connectivity index (χ4v) is 3.54. The van der Waals surface area contributed by atoms with Gasteiger partial charge in [0.15, 0.2) is 0 Å². The molecule has 2 rings (SSSR count). The average molecular weight is 292 g/mol. The van der Waals surface area contributed by atoms with Crippen molar-refractivity contribution in [3.05, 3.63) is 15.6 Å². The van der Waals surface area contributed by atoms with Crippen LogP contribution < -0.4 is 0 Å². The van der Waals surface area contributed by atoms with Gasteiger partial charge < -0.3 is 9.80 Å². The van der Waals surface area contributed by atoms with Crippen LogP contribution in [0.1, 0.15) is 42.3 Å². The van der Waals surface area contributed by atoms with E-state index in [9.17, 15) is 0 Å². The SMILES string of the molecule is CCN1CCN(CCc2nc(C(C)C)c(C#N)s2)CC1. The molecule has 1 aromatic heterocycles. The minimum absolute atomic E-state index is 0.336. The molecule has 1 aliphatic heterocycles. The molecule has 0 aliphatic carbocycles. The Hall–Kier alpha value is -0.960. The normalized spacial score (nSPS) is 17.6. The van der Waals surface area contributed by atoms with Gasteiger partial charge in [-0.2, -0.15) is 5.26 Å². The maximum Gasteiger partial charge on any atom is 0.128 e. The van der Waals surface area contributed by atoms with Crippen molar-refractivity contribution in [2.75, 3.05) is 39.3 Å². The van der Waals surface area contributed by atoms with Crippen LogP contribution in [0.2, 0.25) is 0 Å². The minimum Gasteiger partial charge on any atom is -0.301 e. The lowest BCUT2D eigenvalue weighted by Crippen LogP contribution is -2.46. The molecule has 4 nitrogen and oxygen atoms in total. The fraction of sp³-hybridized carbons (Fsp3) is 0.733. The highest BCUT2D eigenvalue weighted by Gasteiger charge is 2.17. The van der Waals surface area contributed by atoms with E-state index < -0.39 is 0 Å². The lowest BCUT2D eigenvalue weighted by Gasteiger charge is -2.33. The maximum absolute atomic E-state index is 9.16. The molecule has 5 heteroatoms. The van der Waals surface area contributed by atoms with E-state index in [0.717, 1.165) is 48.2 Å². The first-order chi connectivity index (χ1) is 9.63. The minimum atomic E-state index is 0.336. The summed E-state index contributed by atoms with van der Waals surface area (Å²) in [5.74, 6) is 0.336. The molecule has 0 bridgehead atoms. The third-order valence-corrected chi connectivity index (χ3v) is 4.94. The van der Waals surface area contributed by atoms with Crippen molar-refractivity contribution in [2.45, 2.75) is 33.1 Å². The first kappa shape index (κ1) is 15.4. The van der Waals surface area contributed by atoms with Crippen LogP contribution in [0.4, 0.5) is 0 Å². The first-order valence-electron chi connectivity index (χ1n) is 7.48. The van der Waals surface area contributed by atoms with Crippen LogP contribution in [0.3, 0.4) is 0 Å². The van der Waals surface area contributed by atoms with E-state index in [4.69, 9.17) is 5.26 Å². The Bertz CT molecular complexity index is 467. The molecule has 1 fully saturated rings. The highest BCUT2D eigenvalue weighted by Crippen LogP contribution is 2.24. The number of aromatic nitrogens is 1. The van der Waals surface area contributed by atoms with E-state index in [-0.39, 0.29) is 0 Å².